The third-order valence-corrected chi connectivity index (χ3v) is 5.63. The van der Waals surface area contributed by atoms with Crippen molar-refractivity contribution in [1.82, 2.24) is 10.3 Å². The predicted molar refractivity (Wildman–Crippen MR) is 81.3 cm³/mol. The van der Waals surface area contributed by atoms with Gasteiger partial charge in [-0.25, -0.2) is 8.78 Å². The first-order valence-corrected chi connectivity index (χ1v) is 7.96. The monoisotopic (exact) mass is 352 g/mol. The van der Waals surface area contributed by atoms with Crippen molar-refractivity contribution >= 4 is 26.8 Å². The number of hydrogen-bond acceptors (Lipinski definition) is 2. The van der Waals surface area contributed by atoms with Crippen molar-refractivity contribution < 1.29 is 8.78 Å². The van der Waals surface area contributed by atoms with Gasteiger partial charge in [0.2, 0.25) is 0 Å². The molecule has 4 rings (SSSR count). The van der Waals surface area contributed by atoms with E-state index in [0.717, 1.165) is 20.9 Å². The lowest BCUT2D eigenvalue weighted by Crippen LogP contribution is -2.19. The molecule has 5 heteroatoms. The summed E-state index contributed by atoms with van der Waals surface area (Å²) in [7, 11) is 0. The quantitative estimate of drug-likeness (QED) is 0.894. The van der Waals surface area contributed by atoms with Crippen molar-refractivity contribution in [2.75, 3.05) is 6.54 Å². The van der Waals surface area contributed by atoms with Gasteiger partial charge in [-0.2, -0.15) is 0 Å². The summed E-state index contributed by atoms with van der Waals surface area (Å²) in [4.78, 5) is 4.41. The minimum atomic E-state index is -2.44. The lowest BCUT2D eigenvalue weighted by atomic mass is 10.1. The van der Waals surface area contributed by atoms with E-state index in [0.29, 0.717) is 25.9 Å². The second-order valence-electron chi connectivity index (χ2n) is 6.07. The number of aromatic nitrogens is 1. The van der Waals surface area contributed by atoms with Gasteiger partial charge in [-0.15, -0.1) is 0 Å². The molecular formula is C16H15BrF2N2. The smallest absolute Gasteiger partial charge is 0.258 e. The Kier molecular flexibility index (Phi) is 2.89. The number of fused-ring (bicyclic) bond motifs is 1. The van der Waals surface area contributed by atoms with E-state index in [2.05, 4.69) is 26.2 Å². The molecular weight excluding hydrogens is 338 g/mol. The Morgan fingerprint density at radius 2 is 2.10 bits per heavy atom. The summed E-state index contributed by atoms with van der Waals surface area (Å²) >= 11 is 3.51. The van der Waals surface area contributed by atoms with Gasteiger partial charge in [0.25, 0.3) is 5.92 Å². The minimum Gasteiger partial charge on any atom is -0.312 e. The normalized spacial score (nSPS) is 24.4. The van der Waals surface area contributed by atoms with Gasteiger partial charge < -0.3 is 5.32 Å². The number of halogens is 3. The molecule has 110 valence electrons. The molecule has 0 aliphatic heterocycles. The van der Waals surface area contributed by atoms with E-state index in [1.807, 2.05) is 24.3 Å². The van der Waals surface area contributed by atoms with Crippen LogP contribution in [-0.4, -0.2) is 17.5 Å². The molecule has 2 aliphatic carbocycles. The van der Waals surface area contributed by atoms with Crippen LogP contribution in [0.3, 0.4) is 0 Å². The summed E-state index contributed by atoms with van der Waals surface area (Å²) in [6, 6.07) is 7.87. The number of rotatable bonds is 4. The van der Waals surface area contributed by atoms with Gasteiger partial charge in [0.05, 0.1) is 5.52 Å². The van der Waals surface area contributed by atoms with Crippen molar-refractivity contribution in [2.24, 2.45) is 11.3 Å². The first-order valence-electron chi connectivity index (χ1n) is 7.17. The summed E-state index contributed by atoms with van der Waals surface area (Å²) < 4.78 is 28.2. The van der Waals surface area contributed by atoms with Crippen LogP contribution in [0.5, 0.6) is 0 Å². The molecule has 0 bridgehead atoms. The van der Waals surface area contributed by atoms with Gasteiger partial charge in [0.1, 0.15) is 0 Å². The summed E-state index contributed by atoms with van der Waals surface area (Å²) in [5.74, 6) is -2.92. The lowest BCUT2D eigenvalue weighted by molar-refractivity contribution is 0.0796. The lowest BCUT2D eigenvalue weighted by Gasteiger charge is -2.08. The molecule has 1 unspecified atom stereocenters. The second-order valence-corrected chi connectivity index (χ2v) is 6.92. The Balaban J connectivity index is 1.48. The van der Waals surface area contributed by atoms with E-state index < -0.39 is 17.3 Å². The maximum atomic E-state index is 13.6. The highest BCUT2D eigenvalue weighted by molar-refractivity contribution is 9.10. The Morgan fingerprint density at radius 1 is 1.29 bits per heavy atom. The molecule has 2 saturated carbocycles. The molecule has 2 fully saturated rings. The molecule has 2 aromatic rings. The first kappa shape index (κ1) is 13.6. The van der Waals surface area contributed by atoms with Crippen LogP contribution in [0.4, 0.5) is 8.78 Å². The van der Waals surface area contributed by atoms with E-state index in [9.17, 15) is 8.78 Å². The van der Waals surface area contributed by atoms with Crippen molar-refractivity contribution in [3.8, 4) is 0 Å². The average Bonchev–Trinajstić information content (AvgIpc) is 3.34. The molecule has 0 saturated heterocycles. The summed E-state index contributed by atoms with van der Waals surface area (Å²) in [6.45, 7) is 0.959. The molecule has 21 heavy (non-hydrogen) atoms. The van der Waals surface area contributed by atoms with E-state index >= 15 is 0 Å². The molecule has 0 amide bonds. The van der Waals surface area contributed by atoms with E-state index in [4.69, 9.17) is 0 Å². The predicted octanol–water partition coefficient (Wildman–Crippen LogP) is 4.13. The highest BCUT2D eigenvalue weighted by Crippen LogP contribution is 2.79. The highest BCUT2D eigenvalue weighted by atomic mass is 79.9. The number of pyridine rings is 1. The van der Waals surface area contributed by atoms with Gasteiger partial charge in [-0.3, -0.25) is 4.98 Å². The fourth-order valence-corrected chi connectivity index (χ4v) is 3.87. The second kappa shape index (κ2) is 4.46. The van der Waals surface area contributed by atoms with E-state index in [1.165, 1.54) is 0 Å². The molecule has 1 aromatic carbocycles. The zero-order valence-electron chi connectivity index (χ0n) is 11.4. The molecule has 1 atom stereocenters. The van der Waals surface area contributed by atoms with Crippen molar-refractivity contribution in [3.63, 3.8) is 0 Å². The SMILES string of the molecule is FC1(F)C(CNCc2ccc(Br)c3cccnc23)C12CC2. The molecule has 1 heterocycles. The van der Waals surface area contributed by atoms with Crippen molar-refractivity contribution in [1.29, 1.82) is 0 Å². The van der Waals surface area contributed by atoms with Crippen LogP contribution in [0.2, 0.25) is 0 Å². The number of nitrogens with zero attached hydrogens (tertiary/aromatic N) is 1. The van der Waals surface area contributed by atoms with Crippen LogP contribution < -0.4 is 5.32 Å². The molecule has 0 radical (unpaired) electrons. The average molecular weight is 353 g/mol. The summed E-state index contributed by atoms with van der Waals surface area (Å²) in [5.41, 5.74) is 1.32. The van der Waals surface area contributed by atoms with Gasteiger partial charge in [0.15, 0.2) is 0 Å². The van der Waals surface area contributed by atoms with Crippen LogP contribution >= 0.6 is 15.9 Å². The fourth-order valence-electron chi connectivity index (χ4n) is 3.42. The maximum Gasteiger partial charge on any atom is 0.258 e. The van der Waals surface area contributed by atoms with Crippen LogP contribution in [0.25, 0.3) is 10.9 Å². The van der Waals surface area contributed by atoms with Crippen LogP contribution in [0.15, 0.2) is 34.9 Å². The zero-order chi connectivity index (χ0) is 14.7. The van der Waals surface area contributed by atoms with Gasteiger partial charge in [0, 0.05) is 40.5 Å². The van der Waals surface area contributed by atoms with Crippen LogP contribution in [0.1, 0.15) is 18.4 Å². The number of nitrogens with one attached hydrogen (secondary N) is 1. The molecule has 1 N–H and O–H groups in total. The van der Waals surface area contributed by atoms with E-state index in [-0.39, 0.29) is 0 Å². The van der Waals surface area contributed by atoms with Crippen molar-refractivity contribution in [2.45, 2.75) is 25.3 Å². The Bertz CT molecular complexity index is 708. The van der Waals surface area contributed by atoms with Crippen LogP contribution in [0, 0.1) is 11.3 Å². The fraction of sp³-hybridized carbons (Fsp3) is 0.438. The van der Waals surface area contributed by atoms with Gasteiger partial charge in [-0.05, 0) is 30.5 Å². The maximum absolute atomic E-state index is 13.6. The number of benzene rings is 1. The Hall–Kier alpha value is -1.07. The first-order chi connectivity index (χ1) is 10.1. The zero-order valence-corrected chi connectivity index (χ0v) is 13.0. The summed E-state index contributed by atoms with van der Waals surface area (Å²) in [5, 5.41) is 4.24. The van der Waals surface area contributed by atoms with E-state index in [1.54, 1.807) is 6.20 Å². The molecule has 1 aromatic heterocycles. The third-order valence-electron chi connectivity index (χ3n) is 4.94. The van der Waals surface area contributed by atoms with Crippen LogP contribution in [-0.2, 0) is 6.54 Å². The Morgan fingerprint density at radius 3 is 2.81 bits per heavy atom. The topological polar surface area (TPSA) is 24.9 Å². The Labute approximate surface area is 130 Å². The number of alkyl halides is 2. The standard InChI is InChI=1S/C16H15BrF2N2/c17-12-4-3-10(14-11(12)2-1-7-21-14)8-20-9-13-15(5-6-15)16(13,18)19/h1-4,7,13,20H,5-6,8-9H2. The van der Waals surface area contributed by atoms with Crippen molar-refractivity contribution in [3.05, 3.63) is 40.5 Å². The minimum absolute atomic E-state index is 0.386. The van der Waals surface area contributed by atoms with Gasteiger partial charge >= 0.3 is 0 Å². The molecule has 1 spiro atoms. The largest absolute Gasteiger partial charge is 0.312 e. The summed E-state index contributed by atoms with van der Waals surface area (Å²) in [6.07, 6.45) is 3.14. The highest BCUT2D eigenvalue weighted by Gasteiger charge is 2.85. The van der Waals surface area contributed by atoms with Gasteiger partial charge in [-0.1, -0.05) is 28.1 Å². The third kappa shape index (κ3) is 1.94. The number of hydrogen-bond donors (Lipinski definition) is 1. The molecule has 2 nitrogen and oxygen atoms in total. The molecule has 2 aliphatic rings.